The van der Waals surface area contributed by atoms with E-state index in [1.165, 1.54) is 38.8 Å². The van der Waals surface area contributed by atoms with Crippen molar-refractivity contribution in [2.24, 2.45) is 5.41 Å². The third-order valence-corrected chi connectivity index (χ3v) is 4.32. The maximum absolute atomic E-state index is 11.2. The van der Waals surface area contributed by atoms with Crippen molar-refractivity contribution in [1.29, 1.82) is 0 Å². The number of nitrogens with zero attached hydrogens (tertiary/aromatic N) is 2. The van der Waals surface area contributed by atoms with E-state index in [9.17, 15) is 4.79 Å². The van der Waals surface area contributed by atoms with E-state index in [1.807, 2.05) is 32.6 Å². The van der Waals surface area contributed by atoms with E-state index >= 15 is 0 Å². The molecular formula is C16H34N2O. The highest BCUT2D eigenvalue weighted by atomic mass is 16.2. The highest BCUT2D eigenvalue weighted by molar-refractivity contribution is 5.73. The number of hydrogen-bond donors (Lipinski definition) is 0. The Morgan fingerprint density at radius 1 is 0.842 bits per heavy atom. The second-order valence-electron chi connectivity index (χ2n) is 5.31. The highest BCUT2D eigenvalue weighted by Crippen LogP contribution is 2.40. The lowest BCUT2D eigenvalue weighted by Gasteiger charge is -2.46. The van der Waals surface area contributed by atoms with E-state index < -0.39 is 0 Å². The van der Waals surface area contributed by atoms with Crippen molar-refractivity contribution in [3.05, 3.63) is 0 Å². The first-order valence-electron chi connectivity index (χ1n) is 8.05. The maximum Gasteiger partial charge on any atom is 0.219 e. The molecule has 0 bridgehead atoms. The molecule has 3 nitrogen and oxygen atoms in total. The third kappa shape index (κ3) is 5.52. The molecule has 2 heterocycles. The summed E-state index contributed by atoms with van der Waals surface area (Å²) in [5.74, 6) is 0.248. The van der Waals surface area contributed by atoms with Gasteiger partial charge in [-0.25, -0.2) is 0 Å². The summed E-state index contributed by atoms with van der Waals surface area (Å²) < 4.78 is 0. The molecule has 2 saturated heterocycles. The van der Waals surface area contributed by atoms with Crippen LogP contribution in [0.3, 0.4) is 0 Å². The molecule has 2 fully saturated rings. The van der Waals surface area contributed by atoms with Gasteiger partial charge in [0.25, 0.3) is 0 Å². The molecule has 114 valence electrons. The number of piperidine rings is 2. The molecule has 0 unspecified atom stereocenters. The molecule has 0 radical (unpaired) electrons. The van der Waals surface area contributed by atoms with Crippen LogP contribution in [0.5, 0.6) is 0 Å². The van der Waals surface area contributed by atoms with Crippen molar-refractivity contribution in [1.82, 2.24) is 9.80 Å². The van der Waals surface area contributed by atoms with E-state index in [-0.39, 0.29) is 5.91 Å². The summed E-state index contributed by atoms with van der Waals surface area (Å²) in [6.45, 7) is 14.1. The van der Waals surface area contributed by atoms with E-state index in [0.29, 0.717) is 5.41 Å². The lowest BCUT2D eigenvalue weighted by atomic mass is 9.71. The van der Waals surface area contributed by atoms with Gasteiger partial charge in [-0.15, -0.1) is 0 Å². The van der Waals surface area contributed by atoms with Gasteiger partial charge in [0.05, 0.1) is 0 Å². The molecule has 19 heavy (non-hydrogen) atoms. The summed E-state index contributed by atoms with van der Waals surface area (Å²) in [6.07, 6.45) is 5.10. The molecule has 2 aliphatic rings. The fourth-order valence-electron chi connectivity index (χ4n) is 2.89. The largest absolute Gasteiger partial charge is 0.343 e. The second-order valence-corrected chi connectivity index (χ2v) is 5.31. The predicted molar refractivity (Wildman–Crippen MR) is 83.3 cm³/mol. The van der Waals surface area contributed by atoms with Gasteiger partial charge in [-0.05, 0) is 51.2 Å². The van der Waals surface area contributed by atoms with Gasteiger partial charge >= 0.3 is 0 Å². The van der Waals surface area contributed by atoms with Crippen molar-refractivity contribution < 1.29 is 4.79 Å². The molecule has 0 aromatic heterocycles. The van der Waals surface area contributed by atoms with Gasteiger partial charge in [-0.1, -0.05) is 27.7 Å². The second kappa shape index (κ2) is 9.35. The van der Waals surface area contributed by atoms with Gasteiger partial charge in [-0.3, -0.25) is 4.79 Å². The molecule has 1 spiro atoms. The minimum Gasteiger partial charge on any atom is -0.343 e. The topological polar surface area (TPSA) is 23.6 Å². The molecule has 2 aliphatic heterocycles. The summed E-state index contributed by atoms with van der Waals surface area (Å²) in [4.78, 5) is 15.7. The van der Waals surface area contributed by atoms with Crippen LogP contribution in [0.15, 0.2) is 0 Å². The number of amides is 1. The number of rotatable bonds is 0. The minimum absolute atomic E-state index is 0.248. The normalized spacial score (nSPS) is 21.9. The molecule has 0 aromatic rings. The Labute approximate surface area is 120 Å². The van der Waals surface area contributed by atoms with Crippen LogP contribution in [-0.4, -0.2) is 48.9 Å². The van der Waals surface area contributed by atoms with Crippen molar-refractivity contribution in [3.8, 4) is 0 Å². The average Bonchev–Trinajstić information content (AvgIpc) is 2.47. The lowest BCUT2D eigenvalue weighted by molar-refractivity contribution is -0.131. The van der Waals surface area contributed by atoms with Crippen molar-refractivity contribution in [2.45, 2.75) is 60.3 Å². The summed E-state index contributed by atoms with van der Waals surface area (Å²) in [6, 6.07) is 0. The Morgan fingerprint density at radius 3 is 1.58 bits per heavy atom. The van der Waals surface area contributed by atoms with Crippen LogP contribution in [0.2, 0.25) is 0 Å². The molecule has 0 aromatic carbocycles. The number of likely N-dealkylation sites (tertiary alicyclic amines) is 2. The Bertz CT molecular complexity index is 235. The quantitative estimate of drug-likeness (QED) is 0.673. The van der Waals surface area contributed by atoms with Gasteiger partial charge in [0.2, 0.25) is 5.91 Å². The molecule has 3 heteroatoms. The van der Waals surface area contributed by atoms with Crippen molar-refractivity contribution >= 4 is 5.91 Å². The third-order valence-electron chi connectivity index (χ3n) is 4.32. The highest BCUT2D eigenvalue weighted by Gasteiger charge is 2.37. The standard InChI is InChI=1S/C12H22N2O.2C2H6/c1-11(15)14-9-5-12(6-10-14)3-7-13(2)8-4-12;2*1-2/h3-10H2,1-2H3;2*1-2H3. The monoisotopic (exact) mass is 270 g/mol. The van der Waals surface area contributed by atoms with Gasteiger partial charge < -0.3 is 9.80 Å². The molecular weight excluding hydrogens is 236 g/mol. The van der Waals surface area contributed by atoms with Crippen LogP contribution in [0.4, 0.5) is 0 Å². The molecule has 0 atom stereocenters. The van der Waals surface area contributed by atoms with E-state index in [1.54, 1.807) is 6.92 Å². The molecule has 2 rings (SSSR count). The van der Waals surface area contributed by atoms with E-state index in [0.717, 1.165) is 13.1 Å². The zero-order valence-electron chi connectivity index (χ0n) is 14.0. The van der Waals surface area contributed by atoms with Gasteiger partial charge in [-0.2, -0.15) is 0 Å². The summed E-state index contributed by atoms with van der Waals surface area (Å²) in [5, 5.41) is 0. The summed E-state index contributed by atoms with van der Waals surface area (Å²) in [5.41, 5.74) is 0.568. The van der Waals surface area contributed by atoms with Gasteiger partial charge in [0, 0.05) is 20.0 Å². The van der Waals surface area contributed by atoms with E-state index in [4.69, 9.17) is 0 Å². The van der Waals surface area contributed by atoms with Gasteiger partial charge in [0.1, 0.15) is 0 Å². The van der Waals surface area contributed by atoms with Crippen LogP contribution in [0, 0.1) is 5.41 Å². The number of hydrogen-bond acceptors (Lipinski definition) is 2. The van der Waals surface area contributed by atoms with Crippen LogP contribution < -0.4 is 0 Å². The van der Waals surface area contributed by atoms with Crippen LogP contribution in [0.1, 0.15) is 60.3 Å². The fraction of sp³-hybridized carbons (Fsp3) is 0.938. The summed E-state index contributed by atoms with van der Waals surface area (Å²) in [7, 11) is 2.21. The zero-order chi connectivity index (χ0) is 14.9. The first-order chi connectivity index (χ1) is 9.11. The minimum atomic E-state index is 0.248. The fourth-order valence-corrected chi connectivity index (χ4v) is 2.89. The van der Waals surface area contributed by atoms with Crippen LogP contribution >= 0.6 is 0 Å². The predicted octanol–water partition coefficient (Wildman–Crippen LogP) is 3.39. The molecule has 0 aliphatic carbocycles. The first-order valence-corrected chi connectivity index (χ1v) is 8.05. The van der Waals surface area contributed by atoms with Crippen molar-refractivity contribution in [3.63, 3.8) is 0 Å². The SMILES string of the molecule is CC.CC.CC(=O)N1CCC2(CCN(C)CC2)CC1. The Morgan fingerprint density at radius 2 is 1.21 bits per heavy atom. The molecule has 0 saturated carbocycles. The smallest absolute Gasteiger partial charge is 0.219 e. The Balaban J connectivity index is 0.000000741. The molecule has 0 N–H and O–H groups in total. The Hall–Kier alpha value is -0.570. The first kappa shape index (κ1) is 18.4. The number of carbonyl (C=O) groups excluding carboxylic acids is 1. The van der Waals surface area contributed by atoms with Gasteiger partial charge in [0.15, 0.2) is 0 Å². The number of carbonyl (C=O) groups is 1. The average molecular weight is 270 g/mol. The van der Waals surface area contributed by atoms with Crippen molar-refractivity contribution in [2.75, 3.05) is 33.2 Å². The van der Waals surface area contributed by atoms with Crippen LogP contribution in [-0.2, 0) is 4.79 Å². The van der Waals surface area contributed by atoms with E-state index in [2.05, 4.69) is 11.9 Å². The Kier molecular flexibility index (Phi) is 9.07. The summed E-state index contributed by atoms with van der Waals surface area (Å²) >= 11 is 0. The zero-order valence-corrected chi connectivity index (χ0v) is 14.0. The maximum atomic E-state index is 11.2. The lowest BCUT2D eigenvalue weighted by Crippen LogP contribution is -2.47. The molecule has 1 amide bonds. The van der Waals surface area contributed by atoms with Crippen LogP contribution in [0.25, 0.3) is 0 Å².